The predicted molar refractivity (Wildman–Crippen MR) is 116 cm³/mol. The predicted octanol–water partition coefficient (Wildman–Crippen LogP) is 3.36. The Kier molecular flexibility index (Phi) is 7.33. The van der Waals surface area contributed by atoms with Crippen molar-refractivity contribution in [3.8, 4) is 11.5 Å². The summed E-state index contributed by atoms with van der Waals surface area (Å²) in [5, 5.41) is 3.09. The lowest BCUT2D eigenvalue weighted by Gasteiger charge is -2.33. The minimum atomic E-state index is -0.238. The summed E-state index contributed by atoms with van der Waals surface area (Å²) in [4.78, 5) is 27.5. The molecule has 0 bridgehead atoms. The summed E-state index contributed by atoms with van der Waals surface area (Å²) in [6.45, 7) is 3.09. The van der Waals surface area contributed by atoms with E-state index >= 15 is 0 Å². The van der Waals surface area contributed by atoms with Gasteiger partial charge in [0.15, 0.2) is 0 Å². The molecule has 0 spiro atoms. The van der Waals surface area contributed by atoms with Crippen molar-refractivity contribution in [1.82, 2.24) is 10.2 Å². The van der Waals surface area contributed by atoms with Gasteiger partial charge in [-0.1, -0.05) is 30.3 Å². The number of nitrogens with zero attached hydrogens (tertiary/aromatic N) is 1. The van der Waals surface area contributed by atoms with Crippen LogP contribution in [0.25, 0.3) is 0 Å². The van der Waals surface area contributed by atoms with Crippen LogP contribution in [-0.2, 0) is 16.0 Å². The molecule has 0 radical (unpaired) electrons. The second-order valence-electron chi connectivity index (χ2n) is 7.68. The van der Waals surface area contributed by atoms with Crippen LogP contribution in [0.5, 0.6) is 11.5 Å². The van der Waals surface area contributed by atoms with Crippen LogP contribution in [0.2, 0.25) is 0 Å². The van der Waals surface area contributed by atoms with Crippen LogP contribution < -0.4 is 14.8 Å². The molecule has 2 atom stereocenters. The Balaban J connectivity index is 1.62. The number of amides is 2. The lowest BCUT2D eigenvalue weighted by Crippen LogP contribution is -2.46. The molecule has 1 heterocycles. The van der Waals surface area contributed by atoms with Crippen molar-refractivity contribution in [3.05, 3.63) is 59.7 Å². The molecule has 0 saturated carbocycles. The van der Waals surface area contributed by atoms with Crippen LogP contribution in [0.3, 0.4) is 0 Å². The van der Waals surface area contributed by atoms with E-state index in [0.29, 0.717) is 31.0 Å². The number of hydrogen-bond acceptors (Lipinski definition) is 4. The molecule has 1 N–H and O–H groups in total. The Morgan fingerprint density at radius 1 is 1.13 bits per heavy atom. The highest BCUT2D eigenvalue weighted by molar-refractivity contribution is 5.82. The number of carbonyl (C=O) groups is 2. The molecule has 6 nitrogen and oxygen atoms in total. The van der Waals surface area contributed by atoms with Crippen LogP contribution in [0.4, 0.5) is 0 Å². The normalized spacial score (nSPS) is 17.2. The van der Waals surface area contributed by atoms with E-state index in [4.69, 9.17) is 9.47 Å². The molecule has 1 aliphatic heterocycles. The van der Waals surface area contributed by atoms with Crippen LogP contribution in [0.1, 0.15) is 36.9 Å². The summed E-state index contributed by atoms with van der Waals surface area (Å²) in [5.41, 5.74) is 1.85. The number of carbonyl (C=O) groups excluding carboxylic acids is 2. The Hall–Kier alpha value is -3.02. The van der Waals surface area contributed by atoms with Gasteiger partial charge in [0.05, 0.1) is 32.6 Å². The molecule has 3 rings (SSSR count). The molecule has 2 amide bonds. The third-order valence-corrected chi connectivity index (χ3v) is 5.61. The number of nitrogens with one attached hydrogen (secondary N) is 1. The van der Waals surface area contributed by atoms with E-state index in [0.717, 1.165) is 24.0 Å². The monoisotopic (exact) mass is 410 g/mol. The molecule has 30 heavy (non-hydrogen) atoms. The maximum Gasteiger partial charge on any atom is 0.227 e. The number of likely N-dealkylation sites (tertiary alicyclic amines) is 1. The molecule has 1 saturated heterocycles. The number of piperidine rings is 1. The molecule has 2 unspecified atom stereocenters. The minimum absolute atomic E-state index is 0.0374. The number of rotatable bonds is 7. The fourth-order valence-electron chi connectivity index (χ4n) is 3.89. The zero-order chi connectivity index (χ0) is 21.5. The maximum atomic E-state index is 12.9. The Morgan fingerprint density at radius 3 is 2.60 bits per heavy atom. The van der Waals surface area contributed by atoms with Crippen LogP contribution in [0, 0.1) is 5.92 Å². The van der Waals surface area contributed by atoms with Crippen molar-refractivity contribution in [2.45, 2.75) is 32.2 Å². The van der Waals surface area contributed by atoms with Gasteiger partial charge in [-0.3, -0.25) is 9.59 Å². The fourth-order valence-corrected chi connectivity index (χ4v) is 3.89. The Bertz CT molecular complexity index is 869. The Labute approximate surface area is 178 Å². The van der Waals surface area contributed by atoms with Crippen molar-refractivity contribution < 1.29 is 19.1 Å². The topological polar surface area (TPSA) is 67.9 Å². The van der Waals surface area contributed by atoms with E-state index in [1.807, 2.05) is 60.4 Å². The SMILES string of the molecule is COc1ccc(OC)c(C(C)NC(=O)C2CCCN(C(=O)Cc3ccccc3)C2)c1. The minimum Gasteiger partial charge on any atom is -0.497 e. The largest absolute Gasteiger partial charge is 0.497 e. The quantitative estimate of drug-likeness (QED) is 0.760. The van der Waals surface area contributed by atoms with Gasteiger partial charge < -0.3 is 19.7 Å². The second kappa shape index (κ2) is 10.1. The number of benzene rings is 2. The molecule has 2 aromatic rings. The third kappa shape index (κ3) is 5.32. The molecule has 6 heteroatoms. The summed E-state index contributed by atoms with van der Waals surface area (Å²) >= 11 is 0. The van der Waals surface area contributed by atoms with E-state index in [1.165, 1.54) is 0 Å². The van der Waals surface area contributed by atoms with Gasteiger partial charge in [-0.15, -0.1) is 0 Å². The van der Waals surface area contributed by atoms with E-state index < -0.39 is 0 Å². The Morgan fingerprint density at radius 2 is 1.90 bits per heavy atom. The zero-order valence-electron chi connectivity index (χ0n) is 17.9. The van der Waals surface area contributed by atoms with Crippen molar-refractivity contribution in [3.63, 3.8) is 0 Å². The number of hydrogen-bond donors (Lipinski definition) is 1. The molecule has 0 aliphatic carbocycles. The smallest absolute Gasteiger partial charge is 0.227 e. The van der Waals surface area contributed by atoms with E-state index in [2.05, 4.69) is 5.32 Å². The highest BCUT2D eigenvalue weighted by atomic mass is 16.5. The fraction of sp³-hybridized carbons (Fsp3) is 0.417. The van der Waals surface area contributed by atoms with Crippen LogP contribution in [-0.4, -0.2) is 44.0 Å². The molecular formula is C24H30N2O4. The zero-order valence-corrected chi connectivity index (χ0v) is 17.9. The summed E-state index contributed by atoms with van der Waals surface area (Å²) < 4.78 is 10.7. The molecular weight excluding hydrogens is 380 g/mol. The summed E-state index contributed by atoms with van der Waals surface area (Å²) in [6.07, 6.45) is 1.98. The molecule has 160 valence electrons. The first-order valence-electron chi connectivity index (χ1n) is 10.4. The van der Waals surface area contributed by atoms with Gasteiger partial charge in [-0.2, -0.15) is 0 Å². The van der Waals surface area contributed by atoms with Gasteiger partial charge >= 0.3 is 0 Å². The summed E-state index contributed by atoms with van der Waals surface area (Å²) in [7, 11) is 3.22. The number of methoxy groups -OCH3 is 2. The van der Waals surface area contributed by atoms with E-state index in [-0.39, 0.29) is 23.8 Å². The highest BCUT2D eigenvalue weighted by Gasteiger charge is 2.29. The molecule has 0 aromatic heterocycles. The average molecular weight is 411 g/mol. The van der Waals surface area contributed by atoms with Gasteiger partial charge in [-0.05, 0) is 43.5 Å². The number of ether oxygens (including phenoxy) is 2. The molecule has 1 fully saturated rings. The third-order valence-electron chi connectivity index (χ3n) is 5.61. The lowest BCUT2D eigenvalue weighted by atomic mass is 9.95. The summed E-state index contributed by atoms with van der Waals surface area (Å²) in [5.74, 6) is 1.23. The van der Waals surface area contributed by atoms with Crippen LogP contribution in [0.15, 0.2) is 48.5 Å². The van der Waals surface area contributed by atoms with Gasteiger partial charge in [0.25, 0.3) is 0 Å². The molecule has 2 aromatic carbocycles. The van der Waals surface area contributed by atoms with Crippen molar-refractivity contribution in [1.29, 1.82) is 0 Å². The average Bonchev–Trinajstić information content (AvgIpc) is 2.79. The first-order chi connectivity index (χ1) is 14.5. The standard InChI is InChI=1S/C24H30N2O4/c1-17(21-15-20(29-2)11-12-22(21)30-3)25-24(28)19-10-7-13-26(16-19)23(27)14-18-8-5-4-6-9-18/h4-6,8-9,11-12,15,17,19H,7,10,13-14,16H2,1-3H3,(H,25,28). The van der Waals surface area contributed by atoms with Crippen molar-refractivity contribution in [2.75, 3.05) is 27.3 Å². The van der Waals surface area contributed by atoms with Gasteiger partial charge in [-0.25, -0.2) is 0 Å². The van der Waals surface area contributed by atoms with Gasteiger partial charge in [0.1, 0.15) is 11.5 Å². The van der Waals surface area contributed by atoms with Crippen LogP contribution >= 0.6 is 0 Å². The first-order valence-corrected chi connectivity index (χ1v) is 10.4. The lowest BCUT2D eigenvalue weighted by molar-refractivity contribution is -0.135. The van der Waals surface area contributed by atoms with Crippen molar-refractivity contribution >= 4 is 11.8 Å². The van der Waals surface area contributed by atoms with Crippen molar-refractivity contribution in [2.24, 2.45) is 5.92 Å². The maximum absolute atomic E-state index is 12.9. The first kappa shape index (κ1) is 21.7. The van der Waals surface area contributed by atoms with Gasteiger partial charge in [0, 0.05) is 18.7 Å². The summed E-state index contributed by atoms with van der Waals surface area (Å²) in [6, 6.07) is 15.0. The molecule has 1 aliphatic rings. The van der Waals surface area contributed by atoms with Gasteiger partial charge in [0.2, 0.25) is 11.8 Å². The van der Waals surface area contributed by atoms with E-state index in [9.17, 15) is 9.59 Å². The van der Waals surface area contributed by atoms with E-state index in [1.54, 1.807) is 14.2 Å². The highest BCUT2D eigenvalue weighted by Crippen LogP contribution is 2.30. The second-order valence-corrected chi connectivity index (χ2v) is 7.68.